The fraction of sp³-hybridized carbons (Fsp3) is 0.643. The Morgan fingerprint density at radius 1 is 1.36 bits per heavy atom. The van der Waals surface area contributed by atoms with E-state index in [4.69, 9.17) is 4.42 Å². The summed E-state index contributed by atoms with van der Waals surface area (Å²) in [5.74, 6) is 1.51. The zero-order chi connectivity index (χ0) is 16.3. The lowest BCUT2D eigenvalue weighted by Crippen LogP contribution is -2.38. The third-order valence-electron chi connectivity index (χ3n) is 2.57. The van der Waals surface area contributed by atoms with Gasteiger partial charge < -0.3 is 19.8 Å². The third-order valence-corrected chi connectivity index (χ3v) is 2.57. The lowest BCUT2D eigenvalue weighted by Gasteiger charge is -2.11. The van der Waals surface area contributed by atoms with Crippen molar-refractivity contribution in [1.29, 1.82) is 0 Å². The number of halogens is 3. The number of hydrogen-bond acceptors (Lipinski definition) is 3. The van der Waals surface area contributed by atoms with Gasteiger partial charge in [0.05, 0.1) is 6.26 Å². The third kappa shape index (κ3) is 9.28. The molecule has 126 valence electrons. The lowest BCUT2D eigenvalue weighted by atomic mass is 10.3. The van der Waals surface area contributed by atoms with Gasteiger partial charge in [-0.05, 0) is 25.5 Å². The molecule has 1 rings (SSSR count). The molecule has 1 aromatic heterocycles. The van der Waals surface area contributed by atoms with Crippen LogP contribution in [-0.2, 0) is 11.2 Å². The standard InChI is InChI=1S/C14H22F3N3O2/c1-2-18-13(20-8-6-12-5-3-10-22-12)19-7-4-9-21-11-14(15,16)17/h3,5,10H,2,4,6-9,11H2,1H3,(H2,18,19,20). The largest absolute Gasteiger partial charge is 0.469 e. The molecule has 0 aliphatic rings. The summed E-state index contributed by atoms with van der Waals surface area (Å²) in [5, 5.41) is 6.20. The molecule has 0 atom stereocenters. The summed E-state index contributed by atoms with van der Waals surface area (Å²) in [6.45, 7) is 2.53. The monoisotopic (exact) mass is 321 g/mol. The van der Waals surface area contributed by atoms with E-state index in [1.165, 1.54) is 0 Å². The number of rotatable bonds is 9. The minimum Gasteiger partial charge on any atom is -0.469 e. The van der Waals surface area contributed by atoms with Crippen molar-refractivity contribution in [1.82, 2.24) is 10.6 Å². The van der Waals surface area contributed by atoms with E-state index in [0.717, 1.165) is 12.2 Å². The molecule has 8 heteroatoms. The summed E-state index contributed by atoms with van der Waals surface area (Å²) in [5.41, 5.74) is 0. The van der Waals surface area contributed by atoms with Crippen LogP contribution in [0.3, 0.4) is 0 Å². The Hall–Kier alpha value is -1.70. The molecule has 0 fully saturated rings. The zero-order valence-electron chi connectivity index (χ0n) is 12.6. The number of ether oxygens (including phenoxy) is 1. The molecule has 0 unspecified atom stereocenters. The molecule has 1 heterocycles. The van der Waals surface area contributed by atoms with Crippen molar-refractivity contribution >= 4 is 5.96 Å². The van der Waals surface area contributed by atoms with Crippen molar-refractivity contribution in [3.8, 4) is 0 Å². The molecule has 5 nitrogen and oxygen atoms in total. The molecular formula is C14H22F3N3O2. The summed E-state index contributed by atoms with van der Waals surface area (Å²) in [7, 11) is 0. The molecule has 0 bridgehead atoms. The highest BCUT2D eigenvalue weighted by Crippen LogP contribution is 2.14. The average molecular weight is 321 g/mol. The molecule has 0 radical (unpaired) electrons. The topological polar surface area (TPSA) is 58.8 Å². The van der Waals surface area contributed by atoms with Crippen molar-refractivity contribution in [2.24, 2.45) is 4.99 Å². The SMILES string of the molecule is CCNC(=NCCCOCC(F)(F)F)NCCc1ccco1. The normalized spacial score (nSPS) is 12.5. The van der Waals surface area contributed by atoms with E-state index in [9.17, 15) is 13.2 Å². The van der Waals surface area contributed by atoms with Gasteiger partial charge in [-0.2, -0.15) is 13.2 Å². The summed E-state index contributed by atoms with van der Waals surface area (Å²) in [6, 6.07) is 3.72. The second-order valence-corrected chi connectivity index (χ2v) is 4.54. The van der Waals surface area contributed by atoms with Gasteiger partial charge in [0.2, 0.25) is 0 Å². The van der Waals surface area contributed by atoms with Gasteiger partial charge in [0.25, 0.3) is 0 Å². The van der Waals surface area contributed by atoms with Gasteiger partial charge in [0, 0.05) is 32.7 Å². The van der Waals surface area contributed by atoms with Crippen molar-refractivity contribution in [2.45, 2.75) is 25.9 Å². The Morgan fingerprint density at radius 2 is 2.18 bits per heavy atom. The van der Waals surface area contributed by atoms with E-state index < -0.39 is 12.8 Å². The number of hydrogen-bond donors (Lipinski definition) is 2. The number of alkyl halides is 3. The Labute approximate surface area is 127 Å². The van der Waals surface area contributed by atoms with Crippen LogP contribution in [0.1, 0.15) is 19.1 Å². The van der Waals surface area contributed by atoms with Gasteiger partial charge in [0.1, 0.15) is 12.4 Å². The fourth-order valence-corrected chi connectivity index (χ4v) is 1.65. The highest BCUT2D eigenvalue weighted by atomic mass is 19.4. The van der Waals surface area contributed by atoms with Gasteiger partial charge >= 0.3 is 6.18 Å². The van der Waals surface area contributed by atoms with Crippen LogP contribution in [0.2, 0.25) is 0 Å². The first-order valence-electron chi connectivity index (χ1n) is 7.20. The summed E-state index contributed by atoms with van der Waals surface area (Å²) in [6.07, 6.45) is -1.49. The first-order chi connectivity index (χ1) is 10.5. The summed E-state index contributed by atoms with van der Waals surface area (Å²) in [4.78, 5) is 4.27. The maximum absolute atomic E-state index is 11.9. The second kappa shape index (κ2) is 10.1. The predicted molar refractivity (Wildman–Crippen MR) is 77.9 cm³/mol. The number of nitrogens with one attached hydrogen (secondary N) is 2. The van der Waals surface area contributed by atoms with Crippen molar-refractivity contribution < 1.29 is 22.3 Å². The van der Waals surface area contributed by atoms with E-state index in [1.54, 1.807) is 6.26 Å². The van der Waals surface area contributed by atoms with Crippen LogP contribution in [0.25, 0.3) is 0 Å². The van der Waals surface area contributed by atoms with Crippen LogP contribution >= 0.6 is 0 Å². The molecule has 0 saturated heterocycles. The number of nitrogens with zero attached hydrogens (tertiary/aromatic N) is 1. The Bertz CT molecular complexity index is 419. The molecule has 0 aromatic carbocycles. The average Bonchev–Trinajstić information content (AvgIpc) is 2.94. The van der Waals surface area contributed by atoms with Crippen LogP contribution < -0.4 is 10.6 Å². The van der Waals surface area contributed by atoms with E-state index in [2.05, 4.69) is 20.4 Å². The van der Waals surface area contributed by atoms with Crippen molar-refractivity contribution in [2.75, 3.05) is 32.8 Å². The van der Waals surface area contributed by atoms with Gasteiger partial charge in [0.15, 0.2) is 5.96 Å². The quantitative estimate of drug-likeness (QED) is 0.416. The number of furan rings is 1. The van der Waals surface area contributed by atoms with Crippen LogP contribution in [0.5, 0.6) is 0 Å². The molecule has 22 heavy (non-hydrogen) atoms. The van der Waals surface area contributed by atoms with Crippen LogP contribution in [-0.4, -0.2) is 45.0 Å². The minimum absolute atomic E-state index is 0.0365. The van der Waals surface area contributed by atoms with Crippen molar-refractivity contribution in [3.05, 3.63) is 24.2 Å². The molecule has 1 aromatic rings. The molecule has 0 saturated carbocycles. The lowest BCUT2D eigenvalue weighted by molar-refractivity contribution is -0.173. The summed E-state index contributed by atoms with van der Waals surface area (Å²) >= 11 is 0. The maximum atomic E-state index is 11.9. The first-order valence-corrected chi connectivity index (χ1v) is 7.20. The molecular weight excluding hydrogens is 299 g/mol. The molecule has 0 spiro atoms. The van der Waals surface area contributed by atoms with E-state index >= 15 is 0 Å². The molecule has 0 aliphatic heterocycles. The Balaban J connectivity index is 2.18. The second-order valence-electron chi connectivity index (χ2n) is 4.54. The smallest absolute Gasteiger partial charge is 0.411 e. The molecule has 2 N–H and O–H groups in total. The highest BCUT2D eigenvalue weighted by molar-refractivity contribution is 5.79. The van der Waals surface area contributed by atoms with Gasteiger partial charge in [-0.25, -0.2) is 0 Å². The van der Waals surface area contributed by atoms with E-state index in [1.807, 2.05) is 19.1 Å². The molecule has 0 amide bonds. The van der Waals surface area contributed by atoms with Gasteiger partial charge in [-0.1, -0.05) is 0 Å². The van der Waals surface area contributed by atoms with Crippen LogP contribution in [0, 0.1) is 0 Å². The fourth-order valence-electron chi connectivity index (χ4n) is 1.65. The number of aliphatic imine (C=N–C) groups is 1. The van der Waals surface area contributed by atoms with Crippen molar-refractivity contribution in [3.63, 3.8) is 0 Å². The maximum Gasteiger partial charge on any atom is 0.411 e. The Morgan fingerprint density at radius 3 is 2.82 bits per heavy atom. The summed E-state index contributed by atoms with van der Waals surface area (Å²) < 4.78 is 45.3. The van der Waals surface area contributed by atoms with Gasteiger partial charge in [-0.3, -0.25) is 4.99 Å². The minimum atomic E-state index is -4.27. The Kier molecular flexibility index (Phi) is 8.42. The van der Waals surface area contributed by atoms with E-state index in [0.29, 0.717) is 32.0 Å². The zero-order valence-corrected chi connectivity index (χ0v) is 12.6. The predicted octanol–water partition coefficient (Wildman–Crippen LogP) is 2.35. The number of guanidine groups is 1. The highest BCUT2D eigenvalue weighted by Gasteiger charge is 2.27. The van der Waals surface area contributed by atoms with Crippen LogP contribution in [0.4, 0.5) is 13.2 Å². The first kappa shape index (κ1) is 18.3. The van der Waals surface area contributed by atoms with E-state index in [-0.39, 0.29) is 6.61 Å². The van der Waals surface area contributed by atoms with Gasteiger partial charge in [-0.15, -0.1) is 0 Å². The molecule has 0 aliphatic carbocycles. The van der Waals surface area contributed by atoms with Crippen LogP contribution in [0.15, 0.2) is 27.8 Å².